The van der Waals surface area contributed by atoms with Crippen molar-refractivity contribution in [3.8, 4) is 5.75 Å². The molecule has 0 bridgehead atoms. The minimum atomic E-state index is -1.11. The second-order valence-electron chi connectivity index (χ2n) is 3.16. The van der Waals surface area contributed by atoms with Crippen LogP contribution in [0, 0.1) is 0 Å². The zero-order valence-electron chi connectivity index (χ0n) is 8.38. The first-order valence-corrected chi connectivity index (χ1v) is 4.44. The van der Waals surface area contributed by atoms with Crippen molar-refractivity contribution < 1.29 is 14.6 Å². The Labute approximate surface area is 87.6 Å². The molecule has 1 aromatic rings. The van der Waals surface area contributed by atoms with Gasteiger partial charge in [0.2, 0.25) is 0 Å². The van der Waals surface area contributed by atoms with E-state index in [2.05, 4.69) is 0 Å². The molecule has 0 aliphatic carbocycles. The van der Waals surface area contributed by atoms with E-state index in [0.29, 0.717) is 11.3 Å². The van der Waals surface area contributed by atoms with Crippen molar-refractivity contribution in [3.05, 3.63) is 29.8 Å². The third kappa shape index (κ3) is 2.68. The summed E-state index contributed by atoms with van der Waals surface area (Å²) in [4.78, 5) is 10.6. The van der Waals surface area contributed by atoms with Gasteiger partial charge in [-0.3, -0.25) is 4.79 Å². The third-order valence-corrected chi connectivity index (χ3v) is 2.17. The molecule has 82 valence electrons. The summed E-state index contributed by atoms with van der Waals surface area (Å²) in [5, 5.41) is 8.68. The molecular weight excluding hydrogens is 196 g/mol. The SMILES string of the molecule is COc1ccc(C(N)C(N)C(=O)O)cc1. The monoisotopic (exact) mass is 210 g/mol. The van der Waals surface area contributed by atoms with Crippen LogP contribution in [0.2, 0.25) is 0 Å². The summed E-state index contributed by atoms with van der Waals surface area (Å²) in [6.07, 6.45) is 0. The number of carboxylic acids is 1. The molecule has 0 fully saturated rings. The lowest BCUT2D eigenvalue weighted by molar-refractivity contribution is -0.139. The van der Waals surface area contributed by atoms with Crippen LogP contribution in [0.5, 0.6) is 5.75 Å². The van der Waals surface area contributed by atoms with Gasteiger partial charge in [0.15, 0.2) is 0 Å². The highest BCUT2D eigenvalue weighted by Gasteiger charge is 2.21. The molecule has 2 unspecified atom stereocenters. The maximum atomic E-state index is 10.6. The van der Waals surface area contributed by atoms with E-state index in [-0.39, 0.29) is 0 Å². The van der Waals surface area contributed by atoms with E-state index in [1.165, 1.54) is 0 Å². The van der Waals surface area contributed by atoms with Crippen molar-refractivity contribution >= 4 is 5.97 Å². The van der Waals surface area contributed by atoms with Gasteiger partial charge >= 0.3 is 5.97 Å². The van der Waals surface area contributed by atoms with E-state index in [0.717, 1.165) is 0 Å². The van der Waals surface area contributed by atoms with Gasteiger partial charge < -0.3 is 21.3 Å². The number of aliphatic carboxylic acids is 1. The van der Waals surface area contributed by atoms with E-state index < -0.39 is 18.1 Å². The maximum absolute atomic E-state index is 10.6. The van der Waals surface area contributed by atoms with Crippen molar-refractivity contribution in [3.63, 3.8) is 0 Å². The summed E-state index contributed by atoms with van der Waals surface area (Å²) in [5.74, 6) is -0.423. The zero-order chi connectivity index (χ0) is 11.4. The average molecular weight is 210 g/mol. The number of carbonyl (C=O) groups is 1. The van der Waals surface area contributed by atoms with Gasteiger partial charge in [0.25, 0.3) is 0 Å². The Hall–Kier alpha value is -1.59. The molecule has 5 nitrogen and oxygen atoms in total. The number of nitrogens with two attached hydrogens (primary N) is 2. The molecule has 0 aliphatic rings. The fourth-order valence-corrected chi connectivity index (χ4v) is 1.19. The number of ether oxygens (including phenoxy) is 1. The van der Waals surface area contributed by atoms with Crippen LogP contribution in [-0.2, 0) is 4.79 Å². The molecule has 0 heterocycles. The summed E-state index contributed by atoms with van der Waals surface area (Å²) >= 11 is 0. The van der Waals surface area contributed by atoms with Gasteiger partial charge in [-0.2, -0.15) is 0 Å². The molecule has 15 heavy (non-hydrogen) atoms. The minimum Gasteiger partial charge on any atom is -0.497 e. The second-order valence-corrected chi connectivity index (χ2v) is 3.16. The van der Waals surface area contributed by atoms with Crippen LogP contribution in [0.3, 0.4) is 0 Å². The molecule has 2 atom stereocenters. The van der Waals surface area contributed by atoms with Crippen LogP contribution in [0.25, 0.3) is 0 Å². The summed E-state index contributed by atoms with van der Waals surface area (Å²) in [7, 11) is 1.55. The predicted octanol–water partition coefficient (Wildman–Crippen LogP) is 0.107. The Kier molecular flexibility index (Phi) is 3.65. The van der Waals surface area contributed by atoms with E-state index in [1.807, 2.05) is 0 Å². The zero-order valence-corrected chi connectivity index (χ0v) is 8.38. The first-order valence-electron chi connectivity index (χ1n) is 4.44. The van der Waals surface area contributed by atoms with E-state index in [4.69, 9.17) is 21.3 Å². The van der Waals surface area contributed by atoms with Gasteiger partial charge in [-0.15, -0.1) is 0 Å². The number of methoxy groups -OCH3 is 1. The van der Waals surface area contributed by atoms with Gasteiger partial charge in [0, 0.05) is 0 Å². The van der Waals surface area contributed by atoms with Gasteiger partial charge in [-0.05, 0) is 17.7 Å². The van der Waals surface area contributed by atoms with Crippen LogP contribution in [0.1, 0.15) is 11.6 Å². The summed E-state index contributed by atoms with van der Waals surface area (Å²) in [5.41, 5.74) is 11.8. The fraction of sp³-hybridized carbons (Fsp3) is 0.300. The van der Waals surface area contributed by atoms with Crippen molar-refractivity contribution in [1.82, 2.24) is 0 Å². The van der Waals surface area contributed by atoms with Gasteiger partial charge in [0.05, 0.1) is 13.2 Å². The molecule has 0 amide bonds. The van der Waals surface area contributed by atoms with Crippen molar-refractivity contribution in [2.45, 2.75) is 12.1 Å². The van der Waals surface area contributed by atoms with E-state index in [9.17, 15) is 4.79 Å². The molecule has 0 saturated carbocycles. The topological polar surface area (TPSA) is 98.6 Å². The lowest BCUT2D eigenvalue weighted by Gasteiger charge is -2.16. The Morgan fingerprint density at radius 2 is 1.87 bits per heavy atom. The minimum absolute atomic E-state index is 0.672. The van der Waals surface area contributed by atoms with Crippen LogP contribution in [-0.4, -0.2) is 24.2 Å². The van der Waals surface area contributed by atoms with Crippen LogP contribution in [0.4, 0.5) is 0 Å². The largest absolute Gasteiger partial charge is 0.497 e. The Morgan fingerprint density at radius 1 is 1.33 bits per heavy atom. The van der Waals surface area contributed by atoms with Gasteiger partial charge in [-0.1, -0.05) is 12.1 Å². The molecule has 0 spiro atoms. The van der Waals surface area contributed by atoms with E-state index in [1.54, 1.807) is 31.4 Å². The molecule has 0 aliphatic heterocycles. The van der Waals surface area contributed by atoms with Crippen molar-refractivity contribution in [2.75, 3.05) is 7.11 Å². The highest BCUT2D eigenvalue weighted by Crippen LogP contribution is 2.17. The first-order chi connectivity index (χ1) is 7.06. The molecule has 1 rings (SSSR count). The molecule has 5 N–H and O–H groups in total. The quantitative estimate of drug-likeness (QED) is 0.655. The Morgan fingerprint density at radius 3 is 2.27 bits per heavy atom. The molecule has 5 heteroatoms. The van der Waals surface area contributed by atoms with Crippen LogP contribution >= 0.6 is 0 Å². The lowest BCUT2D eigenvalue weighted by atomic mass is 10.0. The molecule has 1 aromatic carbocycles. The Bertz CT molecular complexity index is 337. The summed E-state index contributed by atoms with van der Waals surface area (Å²) < 4.78 is 4.97. The number of hydrogen-bond donors (Lipinski definition) is 3. The average Bonchev–Trinajstić information content (AvgIpc) is 2.27. The molecule has 0 aromatic heterocycles. The van der Waals surface area contributed by atoms with Crippen LogP contribution in [0.15, 0.2) is 24.3 Å². The predicted molar refractivity (Wildman–Crippen MR) is 55.5 cm³/mol. The standard InChI is InChI=1S/C10H14N2O3/c1-15-7-4-2-6(3-5-7)8(11)9(12)10(13)14/h2-5,8-9H,11-12H2,1H3,(H,13,14). The first kappa shape index (κ1) is 11.5. The van der Waals surface area contributed by atoms with Gasteiger partial charge in [-0.25, -0.2) is 0 Å². The molecule has 0 radical (unpaired) electrons. The highest BCUT2D eigenvalue weighted by molar-refractivity contribution is 5.74. The molecule has 0 saturated heterocycles. The summed E-state index contributed by atoms with van der Waals surface area (Å²) in [6, 6.07) is 5.01. The Balaban J connectivity index is 2.82. The van der Waals surface area contributed by atoms with E-state index >= 15 is 0 Å². The maximum Gasteiger partial charge on any atom is 0.322 e. The third-order valence-electron chi connectivity index (χ3n) is 2.17. The smallest absolute Gasteiger partial charge is 0.322 e. The highest BCUT2D eigenvalue weighted by atomic mass is 16.5. The number of carboxylic acid groups (broad SMARTS) is 1. The van der Waals surface area contributed by atoms with Crippen molar-refractivity contribution in [2.24, 2.45) is 11.5 Å². The van der Waals surface area contributed by atoms with Gasteiger partial charge in [0.1, 0.15) is 11.8 Å². The number of benzene rings is 1. The number of rotatable bonds is 4. The molecular formula is C10H14N2O3. The van der Waals surface area contributed by atoms with Crippen molar-refractivity contribution in [1.29, 1.82) is 0 Å². The fourth-order valence-electron chi connectivity index (χ4n) is 1.19. The van der Waals surface area contributed by atoms with Crippen LogP contribution < -0.4 is 16.2 Å². The normalized spacial score (nSPS) is 14.3. The lowest BCUT2D eigenvalue weighted by Crippen LogP contribution is -2.40. The number of hydrogen-bond acceptors (Lipinski definition) is 4. The second kappa shape index (κ2) is 4.77. The summed E-state index contributed by atoms with van der Waals surface area (Å²) in [6.45, 7) is 0.